The SMILES string of the molecule is CC(C)n1c(SC2CCCCC2)c(CNCc2ccncc2)n(C)c1=O. The average molecular weight is 375 g/mol. The van der Waals surface area contributed by atoms with Crippen LogP contribution in [0.25, 0.3) is 0 Å². The molecule has 0 saturated heterocycles. The van der Waals surface area contributed by atoms with Gasteiger partial charge in [-0.25, -0.2) is 4.79 Å². The third-order valence-electron chi connectivity index (χ3n) is 5.08. The second kappa shape index (κ2) is 8.91. The number of pyridine rings is 1. The van der Waals surface area contributed by atoms with Crippen LogP contribution in [0.1, 0.15) is 63.3 Å². The minimum Gasteiger partial charge on any atom is -0.307 e. The molecule has 2 aromatic heterocycles. The molecule has 0 amide bonds. The zero-order chi connectivity index (χ0) is 18.5. The molecule has 0 bridgehead atoms. The molecule has 1 aliphatic rings. The highest BCUT2D eigenvalue weighted by atomic mass is 32.2. The minimum absolute atomic E-state index is 0.0963. The fourth-order valence-corrected chi connectivity index (χ4v) is 5.22. The van der Waals surface area contributed by atoms with E-state index in [9.17, 15) is 4.79 Å². The fraction of sp³-hybridized carbons (Fsp3) is 0.600. The van der Waals surface area contributed by atoms with Gasteiger partial charge in [0.1, 0.15) is 5.03 Å². The maximum atomic E-state index is 12.8. The minimum atomic E-state index is 0.0963. The Balaban J connectivity index is 1.80. The lowest BCUT2D eigenvalue weighted by Crippen LogP contribution is -2.25. The molecule has 0 unspecified atom stereocenters. The molecule has 142 valence electrons. The number of hydrogen-bond acceptors (Lipinski definition) is 4. The zero-order valence-corrected chi connectivity index (χ0v) is 16.9. The molecular formula is C20H30N4OS. The Labute approximate surface area is 160 Å². The zero-order valence-electron chi connectivity index (χ0n) is 16.1. The van der Waals surface area contributed by atoms with Crippen LogP contribution in [0.15, 0.2) is 34.3 Å². The average Bonchev–Trinajstić information content (AvgIpc) is 2.88. The van der Waals surface area contributed by atoms with Crippen molar-refractivity contribution in [3.05, 3.63) is 46.3 Å². The van der Waals surface area contributed by atoms with Crippen LogP contribution in [-0.4, -0.2) is 19.4 Å². The molecule has 2 aromatic rings. The van der Waals surface area contributed by atoms with Crippen molar-refractivity contribution in [3.8, 4) is 0 Å². The van der Waals surface area contributed by atoms with Gasteiger partial charge in [-0.2, -0.15) is 0 Å². The van der Waals surface area contributed by atoms with E-state index >= 15 is 0 Å². The van der Waals surface area contributed by atoms with Crippen molar-refractivity contribution in [2.75, 3.05) is 0 Å². The predicted octanol–water partition coefficient (Wildman–Crippen LogP) is 3.88. The van der Waals surface area contributed by atoms with Gasteiger partial charge in [0.25, 0.3) is 0 Å². The van der Waals surface area contributed by atoms with Crippen molar-refractivity contribution in [2.24, 2.45) is 7.05 Å². The highest BCUT2D eigenvalue weighted by molar-refractivity contribution is 7.99. The van der Waals surface area contributed by atoms with Crippen molar-refractivity contribution >= 4 is 11.8 Å². The number of rotatable bonds is 7. The summed E-state index contributed by atoms with van der Waals surface area (Å²) in [5.41, 5.74) is 2.40. The van der Waals surface area contributed by atoms with Crippen molar-refractivity contribution in [3.63, 3.8) is 0 Å². The molecule has 1 aliphatic carbocycles. The summed E-state index contributed by atoms with van der Waals surface area (Å²) >= 11 is 1.92. The Kier molecular flexibility index (Phi) is 6.59. The van der Waals surface area contributed by atoms with Crippen LogP contribution in [0.3, 0.4) is 0 Å². The smallest absolute Gasteiger partial charge is 0.307 e. The first-order chi connectivity index (χ1) is 12.6. The molecule has 0 aliphatic heterocycles. The van der Waals surface area contributed by atoms with Crippen LogP contribution in [0.2, 0.25) is 0 Å². The maximum absolute atomic E-state index is 12.8. The molecule has 0 radical (unpaired) electrons. The molecule has 1 fully saturated rings. The summed E-state index contributed by atoms with van der Waals surface area (Å²) in [4.78, 5) is 16.9. The highest BCUT2D eigenvalue weighted by Gasteiger charge is 2.24. The van der Waals surface area contributed by atoms with E-state index in [0.717, 1.165) is 17.3 Å². The molecule has 0 spiro atoms. The van der Waals surface area contributed by atoms with Crippen molar-refractivity contribution in [1.29, 1.82) is 0 Å². The van der Waals surface area contributed by atoms with E-state index in [1.165, 1.54) is 37.7 Å². The lowest BCUT2D eigenvalue weighted by atomic mass is 10.0. The van der Waals surface area contributed by atoms with Gasteiger partial charge in [0.15, 0.2) is 0 Å². The summed E-state index contributed by atoms with van der Waals surface area (Å²) in [6, 6.07) is 4.21. The number of nitrogens with one attached hydrogen (secondary N) is 1. The molecule has 2 heterocycles. The first-order valence-electron chi connectivity index (χ1n) is 9.64. The quantitative estimate of drug-likeness (QED) is 0.799. The van der Waals surface area contributed by atoms with Gasteiger partial charge in [-0.05, 0) is 44.4 Å². The Morgan fingerprint density at radius 3 is 2.54 bits per heavy atom. The van der Waals surface area contributed by atoms with Gasteiger partial charge < -0.3 is 5.32 Å². The number of imidazole rings is 1. The summed E-state index contributed by atoms with van der Waals surface area (Å²) < 4.78 is 3.80. The van der Waals surface area contributed by atoms with Crippen LogP contribution < -0.4 is 11.0 Å². The van der Waals surface area contributed by atoms with E-state index in [1.54, 1.807) is 0 Å². The second-order valence-electron chi connectivity index (χ2n) is 7.39. The maximum Gasteiger partial charge on any atom is 0.329 e. The molecular weight excluding hydrogens is 344 g/mol. The Bertz CT molecular complexity index is 760. The molecule has 3 rings (SSSR count). The van der Waals surface area contributed by atoms with Gasteiger partial charge in [-0.3, -0.25) is 14.1 Å². The van der Waals surface area contributed by atoms with Crippen molar-refractivity contribution < 1.29 is 0 Å². The van der Waals surface area contributed by atoms with Gasteiger partial charge in [0, 0.05) is 43.8 Å². The standard InChI is InChI=1S/C20H30N4OS/c1-15(2)24-19(26-17-7-5-4-6-8-17)18(23(3)20(24)25)14-22-13-16-9-11-21-12-10-16/h9-12,15,17,22H,4-8,13-14H2,1-3H3. The van der Waals surface area contributed by atoms with E-state index in [4.69, 9.17) is 0 Å². The van der Waals surface area contributed by atoms with E-state index in [1.807, 2.05) is 52.5 Å². The van der Waals surface area contributed by atoms with Crippen LogP contribution in [-0.2, 0) is 20.1 Å². The van der Waals surface area contributed by atoms with E-state index < -0.39 is 0 Å². The lowest BCUT2D eigenvalue weighted by molar-refractivity contribution is 0.507. The molecule has 6 heteroatoms. The van der Waals surface area contributed by atoms with Gasteiger partial charge in [0.2, 0.25) is 0 Å². The van der Waals surface area contributed by atoms with Crippen LogP contribution in [0, 0.1) is 0 Å². The van der Waals surface area contributed by atoms with E-state index in [0.29, 0.717) is 11.8 Å². The number of nitrogens with zero attached hydrogens (tertiary/aromatic N) is 3. The first kappa shape index (κ1) is 19.2. The van der Waals surface area contributed by atoms with Crippen molar-refractivity contribution in [2.45, 2.75) is 75.4 Å². The number of thioether (sulfide) groups is 1. The molecule has 0 atom stereocenters. The molecule has 26 heavy (non-hydrogen) atoms. The van der Waals surface area contributed by atoms with Gasteiger partial charge >= 0.3 is 5.69 Å². The third kappa shape index (κ3) is 4.41. The van der Waals surface area contributed by atoms with Gasteiger partial charge in [-0.1, -0.05) is 19.3 Å². The van der Waals surface area contributed by atoms with E-state index in [-0.39, 0.29) is 11.7 Å². The largest absolute Gasteiger partial charge is 0.329 e. The summed E-state index contributed by atoms with van der Waals surface area (Å²) in [5, 5.41) is 5.29. The normalized spacial score (nSPS) is 15.7. The molecule has 1 saturated carbocycles. The summed E-state index contributed by atoms with van der Waals surface area (Å²) in [6.07, 6.45) is 10.1. The second-order valence-corrected chi connectivity index (χ2v) is 8.68. The molecule has 5 nitrogen and oxygen atoms in total. The predicted molar refractivity (Wildman–Crippen MR) is 108 cm³/mol. The first-order valence-corrected chi connectivity index (χ1v) is 10.5. The van der Waals surface area contributed by atoms with Crippen LogP contribution in [0.4, 0.5) is 0 Å². The number of aromatic nitrogens is 3. The topological polar surface area (TPSA) is 51.9 Å². The Hall–Kier alpha value is -1.53. The summed E-state index contributed by atoms with van der Waals surface area (Å²) in [7, 11) is 1.90. The Morgan fingerprint density at radius 2 is 1.88 bits per heavy atom. The molecule has 1 N–H and O–H groups in total. The van der Waals surface area contributed by atoms with Crippen molar-refractivity contribution in [1.82, 2.24) is 19.4 Å². The van der Waals surface area contributed by atoms with Gasteiger partial charge in [-0.15, -0.1) is 11.8 Å². The lowest BCUT2D eigenvalue weighted by Gasteiger charge is -2.23. The molecule has 0 aromatic carbocycles. The van der Waals surface area contributed by atoms with Gasteiger partial charge in [0.05, 0.1) is 5.69 Å². The third-order valence-corrected chi connectivity index (χ3v) is 6.54. The summed E-state index contributed by atoms with van der Waals surface area (Å²) in [5.74, 6) is 0. The monoisotopic (exact) mass is 374 g/mol. The van der Waals surface area contributed by atoms with Crippen LogP contribution in [0.5, 0.6) is 0 Å². The summed E-state index contributed by atoms with van der Waals surface area (Å²) in [6.45, 7) is 5.67. The fourth-order valence-electron chi connectivity index (χ4n) is 3.59. The van der Waals surface area contributed by atoms with E-state index in [2.05, 4.69) is 24.1 Å². The highest BCUT2D eigenvalue weighted by Crippen LogP contribution is 2.36. The Morgan fingerprint density at radius 1 is 1.19 bits per heavy atom. The number of hydrogen-bond donors (Lipinski definition) is 1. The van der Waals surface area contributed by atoms with Crippen LogP contribution >= 0.6 is 11.8 Å².